The van der Waals surface area contributed by atoms with Crippen molar-refractivity contribution in [1.29, 1.82) is 0 Å². The van der Waals surface area contributed by atoms with Gasteiger partial charge in [0.15, 0.2) is 0 Å². The molecule has 2 rings (SSSR count). The van der Waals surface area contributed by atoms with Gasteiger partial charge in [-0.2, -0.15) is 0 Å². The number of thiol groups is 1. The second-order valence-corrected chi connectivity index (χ2v) is 8.43. The van der Waals surface area contributed by atoms with Crippen molar-refractivity contribution in [2.75, 3.05) is 0 Å². The fraction of sp³-hybridized carbons (Fsp3) is 0.320. The predicted molar refractivity (Wildman–Crippen MR) is 123 cm³/mol. The van der Waals surface area contributed by atoms with Crippen LogP contribution in [0.1, 0.15) is 56.4 Å². The summed E-state index contributed by atoms with van der Waals surface area (Å²) < 4.78 is 0. The van der Waals surface area contributed by atoms with Gasteiger partial charge in [-0.1, -0.05) is 58.0 Å². The molecule has 0 unspecified atom stereocenters. The summed E-state index contributed by atoms with van der Waals surface area (Å²) in [6.45, 7) is 21.1. The molecule has 0 saturated carbocycles. The Balaban J connectivity index is 2.48. The van der Waals surface area contributed by atoms with Crippen LogP contribution in [0.25, 0.3) is 16.5 Å². The van der Waals surface area contributed by atoms with Crippen molar-refractivity contribution in [1.82, 2.24) is 0 Å². The van der Waals surface area contributed by atoms with E-state index in [4.69, 9.17) is 6.57 Å². The van der Waals surface area contributed by atoms with E-state index in [1.165, 1.54) is 16.7 Å². The Morgan fingerprint density at radius 1 is 1.22 bits per heavy atom. The Morgan fingerprint density at radius 3 is 2.52 bits per heavy atom. The van der Waals surface area contributed by atoms with Crippen molar-refractivity contribution in [2.45, 2.75) is 52.4 Å². The van der Waals surface area contributed by atoms with Gasteiger partial charge in [-0.3, -0.25) is 0 Å². The minimum atomic E-state index is 0.255. The molecule has 0 N–H and O–H groups in total. The standard InChI is InChI=1S/C25H29NS/c1-8-25(5,6)16-22-17(2)11-9-13-21(22)19(4)18(3)15-20-12-10-14-23(27)24(20)26-7/h7,9-15H,4,8,16H2,1-3,5-6H3/p+1/b18-15+. The van der Waals surface area contributed by atoms with E-state index in [-0.39, 0.29) is 5.41 Å². The van der Waals surface area contributed by atoms with Gasteiger partial charge in [0.05, 0.1) is 10.5 Å². The highest BCUT2D eigenvalue weighted by Gasteiger charge is 2.20. The summed E-state index contributed by atoms with van der Waals surface area (Å²) in [4.78, 5) is 4.66. The molecule has 2 heteroatoms. The van der Waals surface area contributed by atoms with Gasteiger partial charge in [-0.15, -0.1) is 12.6 Å². The third-order valence-corrected chi connectivity index (χ3v) is 5.73. The maximum absolute atomic E-state index is 5.57. The monoisotopic (exact) mass is 376 g/mol. The van der Waals surface area contributed by atoms with Crippen molar-refractivity contribution in [3.63, 3.8) is 0 Å². The molecule has 0 aliphatic carbocycles. The number of benzene rings is 2. The summed E-state index contributed by atoms with van der Waals surface area (Å²) in [7, 11) is 0. The van der Waals surface area contributed by atoms with Crippen molar-refractivity contribution < 1.29 is 0 Å². The topological polar surface area (TPSA) is 4.36 Å². The van der Waals surface area contributed by atoms with Crippen molar-refractivity contribution >= 4 is 30.0 Å². The summed E-state index contributed by atoms with van der Waals surface area (Å²) in [5.74, 6) is 0. The van der Waals surface area contributed by atoms with E-state index in [1.54, 1.807) is 0 Å². The first-order valence-electron chi connectivity index (χ1n) is 9.39. The van der Waals surface area contributed by atoms with Crippen LogP contribution < -0.4 is 0 Å². The molecule has 140 valence electrons. The third-order valence-electron chi connectivity index (χ3n) is 5.37. The number of hydrogen-bond donors (Lipinski definition) is 1. The Hall–Kier alpha value is -2.24. The number of aryl methyl sites for hydroxylation is 1. The van der Waals surface area contributed by atoms with Crippen LogP contribution in [-0.2, 0) is 6.42 Å². The molecule has 0 aliphatic heterocycles. The zero-order chi connectivity index (χ0) is 20.2. The van der Waals surface area contributed by atoms with Crippen LogP contribution in [0.5, 0.6) is 0 Å². The summed E-state index contributed by atoms with van der Waals surface area (Å²) >= 11 is 4.45. The zero-order valence-corrected chi connectivity index (χ0v) is 18.0. The van der Waals surface area contributed by atoms with E-state index in [9.17, 15) is 0 Å². The average molecular weight is 377 g/mol. The van der Waals surface area contributed by atoms with Crippen molar-refractivity contribution in [3.8, 4) is 6.57 Å². The molecule has 2 aromatic rings. The van der Waals surface area contributed by atoms with Crippen LogP contribution in [-0.4, -0.2) is 0 Å². The van der Waals surface area contributed by atoms with Crippen LogP contribution in [0.15, 0.2) is 53.4 Å². The van der Waals surface area contributed by atoms with Gasteiger partial charge >= 0.3 is 5.69 Å². The van der Waals surface area contributed by atoms with Crippen LogP contribution in [0.2, 0.25) is 0 Å². The lowest BCUT2D eigenvalue weighted by Gasteiger charge is -2.26. The fourth-order valence-electron chi connectivity index (χ4n) is 3.16. The Labute approximate surface area is 170 Å². The molecule has 0 spiro atoms. The van der Waals surface area contributed by atoms with E-state index in [0.29, 0.717) is 5.69 Å². The highest BCUT2D eigenvalue weighted by atomic mass is 32.1. The van der Waals surface area contributed by atoms with E-state index in [2.05, 4.69) is 82.9 Å². The number of allylic oxidation sites excluding steroid dienone is 2. The van der Waals surface area contributed by atoms with E-state index >= 15 is 0 Å². The van der Waals surface area contributed by atoms with E-state index < -0.39 is 0 Å². The van der Waals surface area contributed by atoms with Gasteiger partial charge in [0.1, 0.15) is 0 Å². The minimum Gasteiger partial charge on any atom is -0.135 e. The highest BCUT2D eigenvalue weighted by Crippen LogP contribution is 2.35. The molecule has 0 radical (unpaired) electrons. The number of hydrogen-bond acceptors (Lipinski definition) is 1. The molecule has 0 atom stereocenters. The van der Waals surface area contributed by atoms with E-state index in [0.717, 1.165) is 34.4 Å². The summed E-state index contributed by atoms with van der Waals surface area (Å²) in [6.07, 6.45) is 4.26. The number of para-hydroxylation sites is 1. The van der Waals surface area contributed by atoms with Gasteiger partial charge < -0.3 is 0 Å². The lowest BCUT2D eigenvalue weighted by atomic mass is 9.79. The van der Waals surface area contributed by atoms with Gasteiger partial charge in [0.25, 0.3) is 6.57 Å². The molecule has 0 aliphatic rings. The first-order valence-corrected chi connectivity index (χ1v) is 9.84. The first-order chi connectivity index (χ1) is 12.7. The highest BCUT2D eigenvalue weighted by molar-refractivity contribution is 7.80. The summed E-state index contributed by atoms with van der Waals surface area (Å²) in [5.41, 5.74) is 7.96. The van der Waals surface area contributed by atoms with Crippen molar-refractivity contribution in [2.24, 2.45) is 5.41 Å². The SMILES string of the molecule is C#[N+]c1c(S)cccc1/C=C(\C)C(=C)c1cccc(C)c1CC(C)(C)CC. The molecule has 0 fully saturated rings. The lowest BCUT2D eigenvalue weighted by Crippen LogP contribution is -2.15. The fourth-order valence-corrected chi connectivity index (χ4v) is 3.43. The molecule has 27 heavy (non-hydrogen) atoms. The van der Waals surface area contributed by atoms with Crippen molar-refractivity contribution in [3.05, 3.63) is 75.6 Å². The summed E-state index contributed by atoms with van der Waals surface area (Å²) in [5, 5.41) is 0. The van der Waals surface area contributed by atoms with Gasteiger partial charge in [0.2, 0.25) is 0 Å². The maximum atomic E-state index is 5.57. The first kappa shape index (κ1) is 21.1. The Kier molecular flexibility index (Phi) is 6.73. The summed E-state index contributed by atoms with van der Waals surface area (Å²) in [6, 6.07) is 12.3. The molecule has 1 nitrogen and oxygen atoms in total. The second-order valence-electron chi connectivity index (χ2n) is 7.95. The molecular weight excluding hydrogens is 346 g/mol. The lowest BCUT2D eigenvalue weighted by molar-refractivity contribution is 0.348. The number of nitrogens with zero attached hydrogens (tertiary/aromatic N) is 1. The van der Waals surface area contributed by atoms with Crippen LogP contribution >= 0.6 is 12.6 Å². The normalized spacial score (nSPS) is 12.0. The van der Waals surface area contributed by atoms with Crippen LogP contribution in [0.3, 0.4) is 0 Å². The largest absolute Gasteiger partial charge is 0.360 e. The Bertz CT molecular complexity index is 926. The maximum Gasteiger partial charge on any atom is 0.360 e. The van der Waals surface area contributed by atoms with Gasteiger partial charge in [0, 0.05) is 0 Å². The second kappa shape index (κ2) is 8.63. The zero-order valence-electron chi connectivity index (χ0n) is 17.1. The average Bonchev–Trinajstić information content (AvgIpc) is 2.63. The smallest absolute Gasteiger partial charge is 0.135 e. The molecule has 0 heterocycles. The third kappa shape index (κ3) is 4.93. The van der Waals surface area contributed by atoms with Crippen LogP contribution in [0.4, 0.5) is 5.69 Å². The Morgan fingerprint density at radius 2 is 1.89 bits per heavy atom. The molecular formula is C25H30NS+. The molecule has 0 bridgehead atoms. The van der Waals surface area contributed by atoms with Gasteiger partial charge in [-0.05, 0) is 76.6 Å². The van der Waals surface area contributed by atoms with Crippen LogP contribution in [0, 0.1) is 18.9 Å². The van der Waals surface area contributed by atoms with Gasteiger partial charge in [-0.25, -0.2) is 0 Å². The quantitative estimate of drug-likeness (QED) is 0.385. The number of rotatable bonds is 6. The van der Waals surface area contributed by atoms with E-state index in [1.807, 2.05) is 18.2 Å². The minimum absolute atomic E-state index is 0.255. The molecule has 0 aromatic heterocycles. The molecule has 0 saturated heterocycles. The predicted octanol–water partition coefficient (Wildman–Crippen LogP) is 7.97. The molecule has 0 amide bonds. The molecule has 2 aromatic carbocycles.